The van der Waals surface area contributed by atoms with Gasteiger partial charge in [0.2, 0.25) is 5.91 Å². The van der Waals surface area contributed by atoms with Crippen molar-refractivity contribution in [3.8, 4) is 0 Å². The summed E-state index contributed by atoms with van der Waals surface area (Å²) in [7, 11) is 0. The third kappa shape index (κ3) is 3.95. The Morgan fingerprint density at radius 2 is 2.40 bits per heavy atom. The van der Waals surface area contributed by atoms with Gasteiger partial charge in [-0.2, -0.15) is 0 Å². The molecule has 1 amide bonds. The van der Waals surface area contributed by atoms with Crippen LogP contribution in [0.15, 0.2) is 24.3 Å². The van der Waals surface area contributed by atoms with Crippen molar-refractivity contribution in [1.29, 1.82) is 0 Å². The number of ether oxygens (including phenoxy) is 1. The Kier molecular flexibility index (Phi) is 5.83. The summed E-state index contributed by atoms with van der Waals surface area (Å²) in [6.07, 6.45) is 0.435. The summed E-state index contributed by atoms with van der Waals surface area (Å²) in [5, 5.41) is 4.04. The molecule has 1 unspecified atom stereocenters. The Labute approximate surface area is 125 Å². The van der Waals surface area contributed by atoms with E-state index in [0.717, 1.165) is 25.2 Å². The second-order valence-electron chi connectivity index (χ2n) is 4.81. The van der Waals surface area contributed by atoms with Crippen LogP contribution in [-0.2, 0) is 9.53 Å². The molecule has 0 aromatic heterocycles. The molecule has 1 fully saturated rings. The molecule has 0 saturated carbocycles. The number of hydrogen-bond acceptors (Lipinski definition) is 3. The third-order valence-electron chi connectivity index (χ3n) is 3.46. The van der Waals surface area contributed by atoms with Crippen LogP contribution in [0.3, 0.4) is 0 Å². The van der Waals surface area contributed by atoms with Crippen LogP contribution in [0.25, 0.3) is 0 Å². The molecule has 1 saturated heterocycles. The van der Waals surface area contributed by atoms with Gasteiger partial charge in [-0.05, 0) is 24.6 Å². The van der Waals surface area contributed by atoms with Crippen LogP contribution in [0, 0.1) is 0 Å². The highest BCUT2D eigenvalue weighted by atomic mass is 35.5. The Bertz CT molecular complexity index is 453. The predicted molar refractivity (Wildman–Crippen MR) is 79.9 cm³/mol. The average molecular weight is 297 g/mol. The fourth-order valence-electron chi connectivity index (χ4n) is 2.46. The number of piperazine rings is 1. The molecule has 0 spiro atoms. The molecule has 1 atom stereocenters. The first-order valence-corrected chi connectivity index (χ1v) is 7.43. The summed E-state index contributed by atoms with van der Waals surface area (Å²) in [6, 6.07) is 7.78. The molecule has 1 aromatic rings. The summed E-state index contributed by atoms with van der Waals surface area (Å²) in [6.45, 7) is 5.39. The van der Waals surface area contributed by atoms with E-state index in [9.17, 15) is 4.79 Å². The first-order valence-electron chi connectivity index (χ1n) is 7.05. The van der Waals surface area contributed by atoms with E-state index in [1.807, 2.05) is 36.1 Å². The lowest BCUT2D eigenvalue weighted by Gasteiger charge is -2.36. The molecule has 5 heteroatoms. The third-order valence-corrected chi connectivity index (χ3v) is 3.70. The van der Waals surface area contributed by atoms with Gasteiger partial charge in [-0.15, -0.1) is 0 Å². The van der Waals surface area contributed by atoms with Crippen LogP contribution in [0.1, 0.15) is 24.9 Å². The standard InChI is InChI=1S/C15H21ClN2O2/c1-2-20-9-6-15(19)18-8-7-17-11-14(18)12-4-3-5-13(16)10-12/h3-5,10,14,17H,2,6-9,11H2,1H3. The van der Waals surface area contributed by atoms with Crippen molar-refractivity contribution >= 4 is 17.5 Å². The molecule has 2 rings (SSSR count). The van der Waals surface area contributed by atoms with Crippen molar-refractivity contribution in [2.45, 2.75) is 19.4 Å². The van der Waals surface area contributed by atoms with E-state index in [1.165, 1.54) is 0 Å². The average Bonchev–Trinajstić information content (AvgIpc) is 2.47. The van der Waals surface area contributed by atoms with E-state index < -0.39 is 0 Å². The molecule has 20 heavy (non-hydrogen) atoms. The lowest BCUT2D eigenvalue weighted by molar-refractivity contribution is -0.135. The fourth-order valence-corrected chi connectivity index (χ4v) is 2.66. The van der Waals surface area contributed by atoms with E-state index >= 15 is 0 Å². The van der Waals surface area contributed by atoms with Crippen LogP contribution < -0.4 is 5.32 Å². The van der Waals surface area contributed by atoms with Gasteiger partial charge in [0.15, 0.2) is 0 Å². The fraction of sp³-hybridized carbons (Fsp3) is 0.533. The molecular weight excluding hydrogens is 276 g/mol. The van der Waals surface area contributed by atoms with E-state index in [1.54, 1.807) is 0 Å². The van der Waals surface area contributed by atoms with Gasteiger partial charge < -0.3 is 15.0 Å². The van der Waals surface area contributed by atoms with E-state index in [2.05, 4.69) is 5.32 Å². The molecule has 110 valence electrons. The lowest BCUT2D eigenvalue weighted by Crippen LogP contribution is -2.48. The van der Waals surface area contributed by atoms with Crippen molar-refractivity contribution in [3.05, 3.63) is 34.9 Å². The van der Waals surface area contributed by atoms with Gasteiger partial charge in [0.05, 0.1) is 19.1 Å². The monoisotopic (exact) mass is 296 g/mol. The number of nitrogens with one attached hydrogen (secondary N) is 1. The molecule has 4 nitrogen and oxygen atoms in total. The first-order chi connectivity index (χ1) is 9.72. The molecule has 0 aliphatic carbocycles. The Hall–Kier alpha value is -1.10. The van der Waals surface area contributed by atoms with Gasteiger partial charge in [0.25, 0.3) is 0 Å². The number of nitrogens with zero attached hydrogens (tertiary/aromatic N) is 1. The maximum atomic E-state index is 12.3. The van der Waals surface area contributed by atoms with Gasteiger partial charge in [-0.25, -0.2) is 0 Å². The minimum atomic E-state index is 0.0524. The number of carbonyl (C=O) groups excluding carboxylic acids is 1. The number of amides is 1. The zero-order valence-electron chi connectivity index (χ0n) is 11.8. The molecule has 1 aliphatic rings. The van der Waals surface area contributed by atoms with Crippen LogP contribution >= 0.6 is 11.6 Å². The van der Waals surface area contributed by atoms with Crippen molar-refractivity contribution < 1.29 is 9.53 Å². The number of carbonyl (C=O) groups is 1. The Balaban J connectivity index is 2.07. The summed E-state index contributed by atoms with van der Waals surface area (Å²) in [5.74, 6) is 0.143. The number of hydrogen-bond donors (Lipinski definition) is 1. The largest absolute Gasteiger partial charge is 0.381 e. The molecule has 0 bridgehead atoms. The van der Waals surface area contributed by atoms with E-state index in [4.69, 9.17) is 16.3 Å². The van der Waals surface area contributed by atoms with Crippen molar-refractivity contribution in [3.63, 3.8) is 0 Å². The quantitative estimate of drug-likeness (QED) is 0.847. The Morgan fingerprint density at radius 3 is 3.15 bits per heavy atom. The zero-order valence-corrected chi connectivity index (χ0v) is 12.5. The second-order valence-corrected chi connectivity index (χ2v) is 5.25. The molecule has 1 N–H and O–H groups in total. The first kappa shape index (κ1) is 15.3. The topological polar surface area (TPSA) is 41.6 Å². The second kappa shape index (κ2) is 7.62. The summed E-state index contributed by atoms with van der Waals surface area (Å²) >= 11 is 6.05. The molecule has 1 aromatic carbocycles. The highest BCUT2D eigenvalue weighted by Crippen LogP contribution is 2.25. The van der Waals surface area contributed by atoms with Crippen molar-refractivity contribution in [2.75, 3.05) is 32.8 Å². The highest BCUT2D eigenvalue weighted by molar-refractivity contribution is 6.30. The molecule has 1 heterocycles. The van der Waals surface area contributed by atoms with E-state index in [0.29, 0.717) is 24.7 Å². The number of halogens is 1. The van der Waals surface area contributed by atoms with Gasteiger partial charge in [0.1, 0.15) is 0 Å². The predicted octanol–water partition coefficient (Wildman–Crippen LogP) is 2.24. The molecular formula is C15H21ClN2O2. The van der Waals surface area contributed by atoms with Gasteiger partial charge in [-0.1, -0.05) is 23.7 Å². The van der Waals surface area contributed by atoms with Crippen LogP contribution in [0.4, 0.5) is 0 Å². The lowest BCUT2D eigenvalue weighted by atomic mass is 10.0. The van der Waals surface area contributed by atoms with Crippen LogP contribution in [0.5, 0.6) is 0 Å². The SMILES string of the molecule is CCOCCC(=O)N1CCNCC1c1cccc(Cl)c1. The molecule has 1 aliphatic heterocycles. The normalized spacial score (nSPS) is 19.1. The minimum Gasteiger partial charge on any atom is -0.381 e. The summed E-state index contributed by atoms with van der Waals surface area (Å²) < 4.78 is 5.27. The molecule has 0 radical (unpaired) electrons. The highest BCUT2D eigenvalue weighted by Gasteiger charge is 2.27. The van der Waals surface area contributed by atoms with Gasteiger partial charge in [-0.3, -0.25) is 4.79 Å². The van der Waals surface area contributed by atoms with Gasteiger partial charge in [0, 0.05) is 31.3 Å². The minimum absolute atomic E-state index is 0.0524. The summed E-state index contributed by atoms with van der Waals surface area (Å²) in [4.78, 5) is 14.3. The van der Waals surface area contributed by atoms with Crippen LogP contribution in [-0.4, -0.2) is 43.7 Å². The maximum Gasteiger partial charge on any atom is 0.225 e. The Morgan fingerprint density at radius 1 is 1.55 bits per heavy atom. The van der Waals surface area contributed by atoms with Gasteiger partial charge >= 0.3 is 0 Å². The van der Waals surface area contributed by atoms with Crippen LogP contribution in [0.2, 0.25) is 5.02 Å². The summed E-state index contributed by atoms with van der Waals surface area (Å²) in [5.41, 5.74) is 1.08. The number of rotatable bonds is 5. The van der Waals surface area contributed by atoms with Crippen molar-refractivity contribution in [2.24, 2.45) is 0 Å². The number of benzene rings is 1. The smallest absolute Gasteiger partial charge is 0.225 e. The van der Waals surface area contributed by atoms with Crippen molar-refractivity contribution in [1.82, 2.24) is 10.2 Å². The van der Waals surface area contributed by atoms with E-state index in [-0.39, 0.29) is 11.9 Å². The zero-order chi connectivity index (χ0) is 14.4. The maximum absolute atomic E-state index is 12.3.